The Morgan fingerprint density at radius 1 is 1.35 bits per heavy atom. The van der Waals surface area contributed by atoms with Gasteiger partial charge in [0.2, 0.25) is 0 Å². The average molecular weight is 238 g/mol. The van der Waals surface area contributed by atoms with Gasteiger partial charge in [0.05, 0.1) is 12.7 Å². The van der Waals surface area contributed by atoms with Crippen LogP contribution in [-0.4, -0.2) is 17.3 Å². The highest BCUT2D eigenvalue weighted by Crippen LogP contribution is 2.07. The van der Waals surface area contributed by atoms with E-state index in [-0.39, 0.29) is 11.7 Å². The first-order valence-corrected chi connectivity index (χ1v) is 6.06. The van der Waals surface area contributed by atoms with Crippen molar-refractivity contribution in [2.45, 2.75) is 39.8 Å². The Labute approximate surface area is 102 Å². The second kappa shape index (κ2) is 6.45. The predicted molar refractivity (Wildman–Crippen MR) is 70.0 cm³/mol. The highest BCUT2D eigenvalue weighted by atomic mass is 16.5. The average Bonchev–Trinajstić information content (AvgIpc) is 2.22. The monoisotopic (exact) mass is 238 g/mol. The van der Waals surface area contributed by atoms with Gasteiger partial charge in [-0.1, -0.05) is 13.8 Å². The van der Waals surface area contributed by atoms with E-state index in [1.165, 1.54) is 6.07 Å². The number of ether oxygens (including phenoxy) is 1. The molecular weight excluding hydrogens is 216 g/mol. The number of nitrogens with two attached hydrogens (primary N) is 1. The van der Waals surface area contributed by atoms with Crippen LogP contribution >= 0.6 is 0 Å². The summed E-state index contributed by atoms with van der Waals surface area (Å²) in [5.74, 6) is 0.625. The fourth-order valence-corrected chi connectivity index (χ4v) is 1.81. The Hall–Kier alpha value is -1.29. The van der Waals surface area contributed by atoms with Gasteiger partial charge in [0, 0.05) is 24.5 Å². The normalized spacial score (nSPS) is 12.9. The molecule has 0 aromatic carbocycles. The highest BCUT2D eigenvalue weighted by Gasteiger charge is 2.05. The molecule has 0 radical (unpaired) electrons. The van der Waals surface area contributed by atoms with E-state index in [1.54, 1.807) is 16.8 Å². The minimum absolute atomic E-state index is 0.0423. The van der Waals surface area contributed by atoms with E-state index >= 15 is 0 Å². The Kier molecular flexibility index (Phi) is 5.22. The molecule has 1 aromatic heterocycles. The zero-order valence-electron chi connectivity index (χ0n) is 10.8. The van der Waals surface area contributed by atoms with Crippen molar-refractivity contribution < 1.29 is 4.74 Å². The predicted octanol–water partition coefficient (Wildman–Crippen LogP) is 1.88. The molecule has 1 aromatic rings. The molecule has 1 atom stereocenters. The summed E-state index contributed by atoms with van der Waals surface area (Å²) in [6.07, 6.45) is 2.91. The van der Waals surface area contributed by atoms with Crippen molar-refractivity contribution in [2.24, 2.45) is 5.92 Å². The molecule has 1 heterocycles. The van der Waals surface area contributed by atoms with Crippen LogP contribution < -0.4 is 11.3 Å². The maximum Gasteiger partial charge on any atom is 0.250 e. The smallest absolute Gasteiger partial charge is 0.250 e. The van der Waals surface area contributed by atoms with Crippen LogP contribution in [-0.2, 0) is 11.3 Å². The summed E-state index contributed by atoms with van der Waals surface area (Å²) in [5.41, 5.74) is 6.18. The second-order valence-corrected chi connectivity index (χ2v) is 4.81. The fourth-order valence-electron chi connectivity index (χ4n) is 1.81. The van der Waals surface area contributed by atoms with Crippen molar-refractivity contribution in [1.29, 1.82) is 0 Å². The zero-order valence-corrected chi connectivity index (χ0v) is 10.8. The summed E-state index contributed by atoms with van der Waals surface area (Å²) in [7, 11) is 0. The molecule has 0 spiro atoms. The highest BCUT2D eigenvalue weighted by molar-refractivity contribution is 5.33. The van der Waals surface area contributed by atoms with E-state index < -0.39 is 0 Å². The van der Waals surface area contributed by atoms with Gasteiger partial charge in [0.15, 0.2) is 0 Å². The van der Waals surface area contributed by atoms with Gasteiger partial charge in [-0.3, -0.25) is 4.79 Å². The van der Waals surface area contributed by atoms with Crippen molar-refractivity contribution in [2.75, 3.05) is 12.3 Å². The minimum atomic E-state index is -0.0423. The van der Waals surface area contributed by atoms with E-state index in [2.05, 4.69) is 20.8 Å². The molecule has 4 nitrogen and oxygen atoms in total. The summed E-state index contributed by atoms with van der Waals surface area (Å²) in [5, 5.41) is 0. The lowest BCUT2D eigenvalue weighted by Gasteiger charge is -2.15. The summed E-state index contributed by atoms with van der Waals surface area (Å²) in [6.45, 7) is 7.48. The number of rotatable bonds is 6. The summed E-state index contributed by atoms with van der Waals surface area (Å²) in [6, 6.07) is 3.09. The third-order valence-corrected chi connectivity index (χ3v) is 2.54. The van der Waals surface area contributed by atoms with Gasteiger partial charge in [-0.2, -0.15) is 0 Å². The first-order chi connectivity index (χ1) is 7.99. The van der Waals surface area contributed by atoms with Gasteiger partial charge in [-0.25, -0.2) is 0 Å². The number of pyridine rings is 1. The molecule has 0 saturated carbocycles. The van der Waals surface area contributed by atoms with Crippen LogP contribution in [0.1, 0.15) is 27.2 Å². The van der Waals surface area contributed by atoms with Gasteiger partial charge in [-0.05, 0) is 25.3 Å². The van der Waals surface area contributed by atoms with Crippen LogP contribution in [0, 0.1) is 5.92 Å². The lowest BCUT2D eigenvalue weighted by molar-refractivity contribution is 0.0465. The number of hydrogen-bond acceptors (Lipinski definition) is 3. The minimum Gasteiger partial charge on any atom is -0.398 e. The first kappa shape index (κ1) is 13.8. The van der Waals surface area contributed by atoms with Gasteiger partial charge in [-0.15, -0.1) is 0 Å². The number of aromatic nitrogens is 1. The second-order valence-electron chi connectivity index (χ2n) is 4.81. The van der Waals surface area contributed by atoms with E-state index in [4.69, 9.17) is 10.5 Å². The van der Waals surface area contributed by atoms with Crippen molar-refractivity contribution in [3.8, 4) is 0 Å². The molecule has 0 aliphatic carbocycles. The molecule has 1 unspecified atom stereocenters. The molecular formula is C13H22N2O2. The molecule has 2 N–H and O–H groups in total. The lowest BCUT2D eigenvalue weighted by atomic mass is 10.1. The van der Waals surface area contributed by atoms with Gasteiger partial charge in [0.25, 0.3) is 5.56 Å². The Bertz CT molecular complexity index is 399. The lowest BCUT2D eigenvalue weighted by Crippen LogP contribution is -2.23. The molecule has 0 aliphatic heterocycles. The molecule has 0 aliphatic rings. The standard InChI is InChI=1S/C13H22N2O2/c1-10(2)8-11(3)17-7-6-15-9-12(14)4-5-13(15)16/h4-5,9-11H,6-8,14H2,1-3H3. The van der Waals surface area contributed by atoms with E-state index in [9.17, 15) is 4.79 Å². The maximum atomic E-state index is 11.5. The maximum absolute atomic E-state index is 11.5. The number of nitrogens with zero attached hydrogens (tertiary/aromatic N) is 1. The molecule has 0 amide bonds. The van der Waals surface area contributed by atoms with Gasteiger partial charge >= 0.3 is 0 Å². The number of nitrogen functional groups attached to an aromatic ring is 1. The largest absolute Gasteiger partial charge is 0.398 e. The molecule has 96 valence electrons. The van der Waals surface area contributed by atoms with Crippen molar-refractivity contribution in [3.63, 3.8) is 0 Å². The SMILES string of the molecule is CC(C)CC(C)OCCn1cc(N)ccc1=O. The van der Waals surface area contributed by atoms with Crippen LogP contribution in [0.4, 0.5) is 5.69 Å². The van der Waals surface area contributed by atoms with Crippen molar-refractivity contribution in [3.05, 3.63) is 28.7 Å². The molecule has 0 fully saturated rings. The molecule has 0 saturated heterocycles. The van der Waals surface area contributed by atoms with Crippen molar-refractivity contribution in [1.82, 2.24) is 4.57 Å². The number of hydrogen-bond donors (Lipinski definition) is 1. The van der Waals surface area contributed by atoms with Crippen LogP contribution in [0.15, 0.2) is 23.1 Å². The van der Waals surface area contributed by atoms with Crippen LogP contribution in [0.5, 0.6) is 0 Å². The Balaban J connectivity index is 2.40. The van der Waals surface area contributed by atoms with Crippen LogP contribution in [0.3, 0.4) is 0 Å². The van der Waals surface area contributed by atoms with Crippen LogP contribution in [0.2, 0.25) is 0 Å². The summed E-state index contributed by atoms with van der Waals surface area (Å²) in [4.78, 5) is 11.5. The number of anilines is 1. The van der Waals surface area contributed by atoms with E-state index in [0.717, 1.165) is 6.42 Å². The summed E-state index contributed by atoms with van der Waals surface area (Å²) >= 11 is 0. The third kappa shape index (κ3) is 5.04. The van der Waals surface area contributed by atoms with Gasteiger partial charge in [0.1, 0.15) is 0 Å². The summed E-state index contributed by atoms with van der Waals surface area (Å²) < 4.78 is 7.23. The van der Waals surface area contributed by atoms with E-state index in [1.807, 2.05) is 0 Å². The van der Waals surface area contributed by atoms with Crippen molar-refractivity contribution >= 4 is 5.69 Å². The Morgan fingerprint density at radius 3 is 2.71 bits per heavy atom. The van der Waals surface area contributed by atoms with Crippen LogP contribution in [0.25, 0.3) is 0 Å². The third-order valence-electron chi connectivity index (χ3n) is 2.54. The topological polar surface area (TPSA) is 57.2 Å². The first-order valence-electron chi connectivity index (χ1n) is 6.06. The molecule has 0 bridgehead atoms. The fraction of sp³-hybridized carbons (Fsp3) is 0.615. The van der Waals surface area contributed by atoms with E-state index in [0.29, 0.717) is 24.8 Å². The Morgan fingerprint density at radius 2 is 2.06 bits per heavy atom. The molecule has 17 heavy (non-hydrogen) atoms. The molecule has 4 heteroatoms. The zero-order chi connectivity index (χ0) is 12.8. The van der Waals surface area contributed by atoms with Gasteiger partial charge < -0.3 is 15.0 Å². The quantitative estimate of drug-likeness (QED) is 0.823. The molecule has 1 rings (SSSR count).